The van der Waals surface area contributed by atoms with Gasteiger partial charge < -0.3 is 24.7 Å². The summed E-state index contributed by atoms with van der Waals surface area (Å²) in [6.45, 7) is 4.28. The van der Waals surface area contributed by atoms with Crippen LogP contribution in [0.1, 0.15) is 56.9 Å². The molecule has 3 N–H and O–H groups in total. The van der Waals surface area contributed by atoms with Gasteiger partial charge in [-0.2, -0.15) is 4.72 Å². The van der Waals surface area contributed by atoms with Crippen molar-refractivity contribution in [2.45, 2.75) is 88.5 Å². The van der Waals surface area contributed by atoms with Gasteiger partial charge in [0.05, 0.1) is 11.2 Å². The fraction of sp³-hybridized carbons (Fsp3) is 0.394. The summed E-state index contributed by atoms with van der Waals surface area (Å²) in [6, 6.07) is 14.1. The highest BCUT2D eigenvalue weighted by atomic mass is 32.2. The van der Waals surface area contributed by atoms with E-state index in [0.717, 1.165) is 11.1 Å². The van der Waals surface area contributed by atoms with Crippen molar-refractivity contribution in [3.8, 4) is 0 Å². The first-order valence-corrected chi connectivity index (χ1v) is 17.1. The summed E-state index contributed by atoms with van der Waals surface area (Å²) in [5.41, 5.74) is 8.24. The molecule has 1 fully saturated rings. The largest absolute Gasteiger partial charge is 0.460 e. The molecule has 0 aliphatic carbocycles. The van der Waals surface area contributed by atoms with Gasteiger partial charge in [-0.05, 0) is 37.5 Å². The first-order valence-electron chi connectivity index (χ1n) is 15.7. The fourth-order valence-corrected chi connectivity index (χ4v) is 6.81. The van der Waals surface area contributed by atoms with E-state index in [2.05, 4.69) is 19.7 Å². The third kappa shape index (κ3) is 8.76. The molecule has 0 radical (unpaired) electrons. The monoisotopic (exact) mass is 694 g/mol. The molecule has 1 aliphatic rings. The highest BCUT2D eigenvalue weighted by Crippen LogP contribution is 2.38. The summed E-state index contributed by atoms with van der Waals surface area (Å²) >= 11 is 0. The standard InChI is InChI=1S/C33H38N6O9S/c1-20-13-15-24(16-14-20)49(43,44)38-25(33(42)45-17-23-9-5-4-6-10-23)11-7-8-12-26-28(46-21(2)40)29(47-22(3)41)32(48-26)39-19-37-27-30(34)35-18-36-31(27)39/h4-6,9-10,13-16,18-19,25-26,28-29,32,38H,7-8,11-12,17H2,1-3H3,(H2,34,35,36)/t25-,26+,28+,29+,32+/m0/s1. The van der Waals surface area contributed by atoms with Crippen molar-refractivity contribution < 1.29 is 41.7 Å². The van der Waals surface area contributed by atoms with Crippen LogP contribution in [0.15, 0.2) is 72.1 Å². The smallest absolute Gasteiger partial charge is 0.324 e. The molecule has 5 atom stereocenters. The molecule has 1 saturated heterocycles. The van der Waals surface area contributed by atoms with Crippen molar-refractivity contribution in [2.24, 2.45) is 0 Å². The average Bonchev–Trinajstić information content (AvgIpc) is 3.63. The Morgan fingerprint density at radius 2 is 1.65 bits per heavy atom. The minimum absolute atomic E-state index is 0.0177. The summed E-state index contributed by atoms with van der Waals surface area (Å²) in [6.07, 6.45) is 0.0937. The number of aryl methyl sites for hydroxylation is 1. The zero-order chi connectivity index (χ0) is 35.1. The molecule has 0 unspecified atom stereocenters. The van der Waals surface area contributed by atoms with Crippen LogP contribution < -0.4 is 10.5 Å². The number of fused-ring (bicyclic) bond motifs is 1. The number of benzene rings is 2. The molecule has 0 spiro atoms. The molecule has 4 aromatic rings. The van der Waals surface area contributed by atoms with Crippen molar-refractivity contribution in [1.29, 1.82) is 0 Å². The molecule has 16 heteroatoms. The van der Waals surface area contributed by atoms with E-state index in [9.17, 15) is 22.8 Å². The first kappa shape index (κ1) is 35.4. The maximum atomic E-state index is 13.3. The number of sulfonamides is 1. The van der Waals surface area contributed by atoms with E-state index in [1.165, 1.54) is 43.2 Å². The highest BCUT2D eigenvalue weighted by molar-refractivity contribution is 7.89. The van der Waals surface area contributed by atoms with Crippen LogP contribution in [0.3, 0.4) is 0 Å². The lowest BCUT2D eigenvalue weighted by Crippen LogP contribution is -2.41. The van der Waals surface area contributed by atoms with Crippen LogP contribution in [0.4, 0.5) is 5.82 Å². The number of unbranched alkanes of at least 4 members (excludes halogenated alkanes) is 1. The number of nitrogen functional groups attached to an aromatic ring is 1. The topological polar surface area (TPSA) is 204 Å². The van der Waals surface area contributed by atoms with Gasteiger partial charge in [-0.15, -0.1) is 0 Å². The molecule has 49 heavy (non-hydrogen) atoms. The van der Waals surface area contributed by atoms with Gasteiger partial charge in [-0.1, -0.05) is 60.9 Å². The van der Waals surface area contributed by atoms with Crippen LogP contribution >= 0.6 is 0 Å². The molecule has 2 aromatic carbocycles. The average molecular weight is 695 g/mol. The lowest BCUT2D eigenvalue weighted by molar-refractivity contribution is -0.165. The van der Waals surface area contributed by atoms with Gasteiger partial charge in [0, 0.05) is 13.8 Å². The van der Waals surface area contributed by atoms with Crippen molar-refractivity contribution in [2.75, 3.05) is 5.73 Å². The number of carbonyl (C=O) groups excluding carboxylic acids is 3. The second-order valence-electron chi connectivity index (χ2n) is 11.7. The molecule has 5 rings (SSSR count). The number of anilines is 1. The van der Waals surface area contributed by atoms with Crippen LogP contribution in [0.25, 0.3) is 11.2 Å². The number of imidazole rings is 1. The number of aromatic nitrogens is 4. The second kappa shape index (κ2) is 15.5. The number of hydrogen-bond acceptors (Lipinski definition) is 13. The van der Waals surface area contributed by atoms with Gasteiger partial charge in [0.25, 0.3) is 0 Å². The summed E-state index contributed by atoms with van der Waals surface area (Å²) in [5.74, 6) is -1.80. The van der Waals surface area contributed by atoms with E-state index in [-0.39, 0.29) is 23.7 Å². The lowest BCUT2D eigenvalue weighted by atomic mass is 10.0. The van der Waals surface area contributed by atoms with Crippen LogP contribution in [-0.4, -0.2) is 70.2 Å². The molecule has 15 nitrogen and oxygen atoms in total. The van der Waals surface area contributed by atoms with Gasteiger partial charge >= 0.3 is 17.9 Å². The van der Waals surface area contributed by atoms with E-state index < -0.39 is 58.5 Å². The van der Waals surface area contributed by atoms with E-state index in [0.29, 0.717) is 30.4 Å². The van der Waals surface area contributed by atoms with Crippen LogP contribution in [0.5, 0.6) is 0 Å². The number of esters is 3. The minimum atomic E-state index is -4.06. The van der Waals surface area contributed by atoms with Gasteiger partial charge in [0.15, 0.2) is 29.9 Å². The molecule has 0 bridgehead atoms. The van der Waals surface area contributed by atoms with Crippen molar-refractivity contribution in [3.05, 3.63) is 78.4 Å². The van der Waals surface area contributed by atoms with E-state index in [1.54, 1.807) is 24.3 Å². The second-order valence-corrected chi connectivity index (χ2v) is 13.4. The number of rotatable bonds is 14. The molecular formula is C33H38N6O9S. The third-order valence-corrected chi connectivity index (χ3v) is 9.41. The molecule has 2 aromatic heterocycles. The Balaban J connectivity index is 1.31. The molecule has 260 valence electrons. The maximum Gasteiger partial charge on any atom is 0.324 e. The lowest BCUT2D eigenvalue weighted by Gasteiger charge is -2.24. The predicted molar refractivity (Wildman–Crippen MR) is 175 cm³/mol. The predicted octanol–water partition coefficient (Wildman–Crippen LogP) is 3.13. The SMILES string of the molecule is CC(=O)O[C@@H]1[C@H](OC(C)=O)[C@@H](CCCC[C@H](NS(=O)(=O)c2ccc(C)cc2)C(=O)OCc2ccccc2)O[C@H]1n1cnc2c(N)ncnc21. The molecular weight excluding hydrogens is 656 g/mol. The maximum absolute atomic E-state index is 13.3. The molecule has 3 heterocycles. The number of nitrogens with one attached hydrogen (secondary N) is 1. The van der Waals surface area contributed by atoms with E-state index >= 15 is 0 Å². The summed E-state index contributed by atoms with van der Waals surface area (Å²) in [4.78, 5) is 50.1. The summed E-state index contributed by atoms with van der Waals surface area (Å²) < 4.78 is 53.6. The number of carbonyl (C=O) groups is 3. The van der Waals surface area contributed by atoms with Gasteiger partial charge in [-0.3, -0.25) is 19.0 Å². The Morgan fingerprint density at radius 1 is 0.959 bits per heavy atom. The Kier molecular flexibility index (Phi) is 11.2. The fourth-order valence-electron chi connectivity index (χ4n) is 5.59. The Morgan fingerprint density at radius 3 is 2.35 bits per heavy atom. The molecule has 0 saturated carbocycles. The number of ether oxygens (including phenoxy) is 4. The van der Waals surface area contributed by atoms with Gasteiger partial charge in [0.1, 0.15) is 30.6 Å². The third-order valence-electron chi connectivity index (χ3n) is 7.92. The van der Waals surface area contributed by atoms with Gasteiger partial charge in [-0.25, -0.2) is 23.4 Å². The minimum Gasteiger partial charge on any atom is -0.460 e. The summed E-state index contributed by atoms with van der Waals surface area (Å²) in [5, 5.41) is 0. The van der Waals surface area contributed by atoms with Crippen LogP contribution in [-0.2, 0) is 50.0 Å². The van der Waals surface area contributed by atoms with E-state index in [1.807, 2.05) is 25.1 Å². The highest BCUT2D eigenvalue weighted by Gasteiger charge is 2.50. The molecule has 0 amide bonds. The Hall–Kier alpha value is -4.93. The van der Waals surface area contributed by atoms with Crippen LogP contribution in [0.2, 0.25) is 0 Å². The first-order chi connectivity index (χ1) is 23.4. The van der Waals surface area contributed by atoms with Gasteiger partial charge in [0.2, 0.25) is 10.0 Å². The Bertz CT molecular complexity index is 1890. The number of nitrogens with two attached hydrogens (primary N) is 1. The number of hydrogen-bond donors (Lipinski definition) is 2. The summed E-state index contributed by atoms with van der Waals surface area (Å²) in [7, 11) is -4.06. The normalized spacial score (nSPS) is 19.7. The zero-order valence-corrected chi connectivity index (χ0v) is 28.0. The zero-order valence-electron chi connectivity index (χ0n) is 27.2. The van der Waals surface area contributed by atoms with Crippen molar-refractivity contribution in [3.63, 3.8) is 0 Å². The Labute approximate surface area is 283 Å². The van der Waals surface area contributed by atoms with Crippen LogP contribution in [0, 0.1) is 6.92 Å². The molecule has 1 aliphatic heterocycles. The van der Waals surface area contributed by atoms with E-state index in [4.69, 9.17) is 24.7 Å². The number of nitrogens with zero attached hydrogens (tertiary/aromatic N) is 4. The quantitative estimate of drug-likeness (QED) is 0.111. The van der Waals surface area contributed by atoms with Crippen molar-refractivity contribution >= 4 is 44.9 Å². The van der Waals surface area contributed by atoms with Crippen molar-refractivity contribution in [1.82, 2.24) is 24.2 Å².